The average Bonchev–Trinajstić information content (AvgIpc) is 2.49. The summed E-state index contributed by atoms with van der Waals surface area (Å²) >= 11 is 0. The molecule has 0 saturated carbocycles. The number of benzene rings is 2. The summed E-state index contributed by atoms with van der Waals surface area (Å²) in [5.41, 5.74) is 8.12. The second-order valence-corrected chi connectivity index (χ2v) is 4.12. The Morgan fingerprint density at radius 2 is 1.90 bits per heavy atom. The van der Waals surface area contributed by atoms with Crippen LogP contribution in [0.25, 0.3) is 0 Å². The van der Waals surface area contributed by atoms with Crippen LogP contribution in [-0.2, 0) is 4.74 Å². The van der Waals surface area contributed by atoms with Gasteiger partial charge >= 0.3 is 5.97 Å². The Labute approximate surface area is 117 Å². The van der Waals surface area contributed by atoms with Gasteiger partial charge in [-0.05, 0) is 24.3 Å². The van der Waals surface area contributed by atoms with Gasteiger partial charge in [-0.2, -0.15) is 0 Å². The van der Waals surface area contributed by atoms with Crippen molar-refractivity contribution in [2.45, 2.75) is 0 Å². The minimum Gasteiger partial charge on any atom is -0.497 e. The van der Waals surface area contributed by atoms with Crippen LogP contribution in [0, 0.1) is 0 Å². The van der Waals surface area contributed by atoms with Crippen LogP contribution in [0.15, 0.2) is 42.5 Å². The number of carbonyl (C=O) groups is 1. The van der Waals surface area contributed by atoms with Crippen LogP contribution in [0.5, 0.6) is 5.75 Å². The number of carbonyl (C=O) groups excluding carboxylic acids is 1. The average molecular weight is 272 g/mol. The van der Waals surface area contributed by atoms with E-state index in [1.165, 1.54) is 7.11 Å². The van der Waals surface area contributed by atoms with Gasteiger partial charge in [-0.1, -0.05) is 12.1 Å². The van der Waals surface area contributed by atoms with Gasteiger partial charge in [0, 0.05) is 11.8 Å². The second kappa shape index (κ2) is 5.97. The molecule has 0 spiro atoms. The molecule has 0 aliphatic rings. The number of nitrogens with one attached hydrogen (secondary N) is 1. The molecule has 0 bridgehead atoms. The molecular weight excluding hydrogens is 256 g/mol. The van der Waals surface area contributed by atoms with E-state index in [0.29, 0.717) is 16.9 Å². The Bertz CT molecular complexity index is 626. The van der Waals surface area contributed by atoms with E-state index >= 15 is 0 Å². The number of rotatable bonds is 4. The van der Waals surface area contributed by atoms with E-state index < -0.39 is 5.97 Å². The van der Waals surface area contributed by atoms with Crippen LogP contribution in [0.4, 0.5) is 17.1 Å². The molecule has 0 aliphatic heterocycles. The third kappa shape index (κ3) is 2.83. The highest BCUT2D eigenvalue weighted by molar-refractivity contribution is 5.98. The van der Waals surface area contributed by atoms with Crippen molar-refractivity contribution in [1.82, 2.24) is 0 Å². The lowest BCUT2D eigenvalue weighted by Crippen LogP contribution is -2.07. The molecule has 0 amide bonds. The van der Waals surface area contributed by atoms with E-state index in [2.05, 4.69) is 5.32 Å². The molecule has 0 saturated heterocycles. The molecule has 0 atom stereocenters. The molecule has 5 heteroatoms. The normalized spacial score (nSPS) is 9.90. The summed E-state index contributed by atoms with van der Waals surface area (Å²) < 4.78 is 9.85. The van der Waals surface area contributed by atoms with Crippen LogP contribution in [0.3, 0.4) is 0 Å². The Morgan fingerprint density at radius 3 is 2.60 bits per heavy atom. The van der Waals surface area contributed by atoms with Gasteiger partial charge < -0.3 is 20.5 Å². The summed E-state index contributed by atoms with van der Waals surface area (Å²) in [7, 11) is 2.93. The molecular formula is C15H16N2O3. The number of nitrogens with two attached hydrogens (primary N) is 1. The summed E-state index contributed by atoms with van der Waals surface area (Å²) in [5.74, 6) is 0.273. The molecule has 0 aliphatic carbocycles. The summed E-state index contributed by atoms with van der Waals surface area (Å²) in [5, 5.41) is 3.15. The molecule has 0 fully saturated rings. The SMILES string of the molecule is COC(=O)c1cccc(Nc2cccc(OC)c2)c1N. The van der Waals surface area contributed by atoms with Gasteiger partial charge in [-0.3, -0.25) is 0 Å². The Balaban J connectivity index is 2.31. The fourth-order valence-electron chi connectivity index (χ4n) is 1.82. The quantitative estimate of drug-likeness (QED) is 0.661. The van der Waals surface area contributed by atoms with Gasteiger partial charge in [0.05, 0.1) is 31.2 Å². The fourth-order valence-corrected chi connectivity index (χ4v) is 1.82. The monoisotopic (exact) mass is 272 g/mol. The van der Waals surface area contributed by atoms with Gasteiger partial charge in [-0.25, -0.2) is 4.79 Å². The lowest BCUT2D eigenvalue weighted by Gasteiger charge is -2.12. The van der Waals surface area contributed by atoms with Gasteiger partial charge in [0.25, 0.3) is 0 Å². The van der Waals surface area contributed by atoms with E-state index in [-0.39, 0.29) is 0 Å². The smallest absolute Gasteiger partial charge is 0.340 e. The molecule has 104 valence electrons. The predicted molar refractivity (Wildman–Crippen MR) is 78.5 cm³/mol. The second-order valence-electron chi connectivity index (χ2n) is 4.12. The number of hydrogen-bond acceptors (Lipinski definition) is 5. The number of anilines is 3. The Morgan fingerprint density at radius 1 is 1.15 bits per heavy atom. The zero-order valence-electron chi connectivity index (χ0n) is 11.3. The van der Waals surface area contributed by atoms with Gasteiger partial charge in [0.2, 0.25) is 0 Å². The first-order valence-electron chi connectivity index (χ1n) is 6.03. The summed E-state index contributed by atoms with van der Waals surface area (Å²) in [6, 6.07) is 12.6. The molecule has 0 radical (unpaired) electrons. The number of hydrogen-bond donors (Lipinski definition) is 2. The van der Waals surface area contributed by atoms with E-state index in [1.807, 2.05) is 24.3 Å². The fraction of sp³-hybridized carbons (Fsp3) is 0.133. The number of para-hydroxylation sites is 1. The Hall–Kier alpha value is -2.69. The highest BCUT2D eigenvalue weighted by atomic mass is 16.5. The predicted octanol–water partition coefficient (Wildman–Crippen LogP) is 2.81. The number of methoxy groups -OCH3 is 2. The molecule has 0 heterocycles. The largest absolute Gasteiger partial charge is 0.497 e. The molecule has 5 nitrogen and oxygen atoms in total. The maximum Gasteiger partial charge on any atom is 0.340 e. The lowest BCUT2D eigenvalue weighted by atomic mass is 10.1. The first kappa shape index (κ1) is 13.7. The minimum atomic E-state index is -0.461. The molecule has 20 heavy (non-hydrogen) atoms. The maximum atomic E-state index is 11.6. The van der Waals surface area contributed by atoms with Crippen molar-refractivity contribution in [2.75, 3.05) is 25.3 Å². The minimum absolute atomic E-state index is 0.334. The van der Waals surface area contributed by atoms with E-state index in [1.54, 1.807) is 25.3 Å². The highest BCUT2D eigenvalue weighted by Crippen LogP contribution is 2.28. The van der Waals surface area contributed by atoms with E-state index in [9.17, 15) is 4.79 Å². The summed E-state index contributed by atoms with van der Waals surface area (Å²) in [6.45, 7) is 0. The highest BCUT2D eigenvalue weighted by Gasteiger charge is 2.12. The van der Waals surface area contributed by atoms with Crippen molar-refractivity contribution in [3.05, 3.63) is 48.0 Å². The van der Waals surface area contributed by atoms with Crippen LogP contribution in [0.1, 0.15) is 10.4 Å². The molecule has 0 unspecified atom stereocenters. The van der Waals surface area contributed by atoms with Gasteiger partial charge in [0.15, 0.2) is 0 Å². The summed E-state index contributed by atoms with van der Waals surface area (Å²) in [4.78, 5) is 11.6. The molecule has 2 aromatic rings. The molecule has 0 aromatic heterocycles. The number of esters is 1. The molecule has 2 rings (SSSR count). The third-order valence-corrected chi connectivity index (χ3v) is 2.86. The summed E-state index contributed by atoms with van der Waals surface area (Å²) in [6.07, 6.45) is 0. The first-order valence-corrected chi connectivity index (χ1v) is 6.03. The molecule has 3 N–H and O–H groups in total. The maximum absolute atomic E-state index is 11.6. The van der Waals surface area contributed by atoms with Crippen molar-refractivity contribution in [1.29, 1.82) is 0 Å². The number of ether oxygens (including phenoxy) is 2. The van der Waals surface area contributed by atoms with Crippen LogP contribution >= 0.6 is 0 Å². The number of nitrogen functional groups attached to an aromatic ring is 1. The van der Waals surface area contributed by atoms with Crippen LogP contribution in [-0.4, -0.2) is 20.2 Å². The van der Waals surface area contributed by atoms with Crippen molar-refractivity contribution in [3.8, 4) is 5.75 Å². The van der Waals surface area contributed by atoms with Crippen molar-refractivity contribution in [3.63, 3.8) is 0 Å². The Kier molecular flexibility index (Phi) is 4.10. The standard InChI is InChI=1S/C15H16N2O3/c1-19-11-6-3-5-10(9-11)17-13-8-4-7-12(14(13)16)15(18)20-2/h3-9,17H,16H2,1-2H3. The van der Waals surface area contributed by atoms with Crippen molar-refractivity contribution >= 4 is 23.0 Å². The van der Waals surface area contributed by atoms with Gasteiger partial charge in [-0.15, -0.1) is 0 Å². The van der Waals surface area contributed by atoms with Crippen molar-refractivity contribution < 1.29 is 14.3 Å². The lowest BCUT2D eigenvalue weighted by molar-refractivity contribution is 0.0602. The van der Waals surface area contributed by atoms with E-state index in [0.717, 1.165) is 11.4 Å². The zero-order valence-corrected chi connectivity index (χ0v) is 11.3. The zero-order chi connectivity index (χ0) is 14.5. The topological polar surface area (TPSA) is 73.6 Å². The van der Waals surface area contributed by atoms with Crippen LogP contribution in [0.2, 0.25) is 0 Å². The first-order chi connectivity index (χ1) is 9.65. The molecule has 2 aromatic carbocycles. The third-order valence-electron chi connectivity index (χ3n) is 2.86. The van der Waals surface area contributed by atoms with Crippen molar-refractivity contribution in [2.24, 2.45) is 0 Å². The van der Waals surface area contributed by atoms with Crippen LogP contribution < -0.4 is 15.8 Å². The van der Waals surface area contributed by atoms with E-state index in [4.69, 9.17) is 15.2 Å². The van der Waals surface area contributed by atoms with Gasteiger partial charge in [0.1, 0.15) is 5.75 Å².